The van der Waals surface area contributed by atoms with Crippen molar-refractivity contribution < 1.29 is 4.79 Å². The first-order valence-electron chi connectivity index (χ1n) is 6.90. The predicted molar refractivity (Wildman–Crippen MR) is 88.4 cm³/mol. The van der Waals surface area contributed by atoms with Crippen LogP contribution in [0.1, 0.15) is 5.56 Å². The first kappa shape index (κ1) is 13.9. The highest BCUT2D eigenvalue weighted by molar-refractivity contribution is 6.01. The van der Waals surface area contributed by atoms with E-state index in [0.29, 0.717) is 5.69 Å². The van der Waals surface area contributed by atoms with Crippen molar-refractivity contribution in [3.05, 3.63) is 70.5 Å². The molecule has 3 aromatic rings. The van der Waals surface area contributed by atoms with Crippen LogP contribution in [0.4, 0.5) is 16.2 Å². The fourth-order valence-corrected chi connectivity index (χ4v) is 2.36. The first-order valence-corrected chi connectivity index (χ1v) is 6.90. The molecule has 110 valence electrons. The van der Waals surface area contributed by atoms with Gasteiger partial charge in [-0.3, -0.25) is 4.79 Å². The number of urea groups is 1. The molecule has 1 heterocycles. The average Bonchev–Trinajstić information content (AvgIpc) is 2.52. The van der Waals surface area contributed by atoms with Crippen molar-refractivity contribution in [2.45, 2.75) is 6.92 Å². The summed E-state index contributed by atoms with van der Waals surface area (Å²) in [6.07, 6.45) is 0. The molecule has 0 saturated carbocycles. The van der Waals surface area contributed by atoms with Gasteiger partial charge >= 0.3 is 6.03 Å². The standard InChI is InChI=1S/C17H15N3O2/c1-11-13-9-5-6-10-14(13)19-16(21)15(11)20-17(22)18-12-7-3-2-4-8-12/h2-10H,1H3,(H,19,21)(H2,18,20,22). The molecule has 1 aromatic heterocycles. The Morgan fingerprint density at radius 1 is 0.955 bits per heavy atom. The summed E-state index contributed by atoms with van der Waals surface area (Å²) in [6, 6.07) is 16.1. The predicted octanol–water partition coefficient (Wildman–Crippen LogP) is 3.48. The minimum absolute atomic E-state index is 0.257. The molecule has 22 heavy (non-hydrogen) atoms. The van der Waals surface area contributed by atoms with Gasteiger partial charge in [0, 0.05) is 16.6 Å². The number of H-pyrrole nitrogens is 1. The number of hydrogen-bond acceptors (Lipinski definition) is 2. The molecule has 2 amide bonds. The van der Waals surface area contributed by atoms with Crippen LogP contribution in [-0.4, -0.2) is 11.0 Å². The van der Waals surface area contributed by atoms with E-state index in [1.807, 2.05) is 49.4 Å². The molecular formula is C17H15N3O2. The number of nitrogens with one attached hydrogen (secondary N) is 3. The smallest absolute Gasteiger partial charge is 0.320 e. The summed E-state index contributed by atoms with van der Waals surface area (Å²) in [5.74, 6) is 0. The number of rotatable bonds is 2. The number of amides is 2. The maximum absolute atomic E-state index is 12.1. The van der Waals surface area contributed by atoms with E-state index >= 15 is 0 Å². The number of anilines is 2. The summed E-state index contributed by atoms with van der Waals surface area (Å²) < 4.78 is 0. The normalized spacial score (nSPS) is 10.4. The maximum atomic E-state index is 12.1. The fraction of sp³-hybridized carbons (Fsp3) is 0.0588. The van der Waals surface area contributed by atoms with Gasteiger partial charge in [-0.05, 0) is 30.7 Å². The van der Waals surface area contributed by atoms with Gasteiger partial charge in [0.05, 0.1) is 0 Å². The van der Waals surface area contributed by atoms with Crippen LogP contribution in [0.5, 0.6) is 0 Å². The topological polar surface area (TPSA) is 74.0 Å². The summed E-state index contributed by atoms with van der Waals surface area (Å²) in [5.41, 5.74) is 2.09. The quantitative estimate of drug-likeness (QED) is 0.676. The highest BCUT2D eigenvalue weighted by Gasteiger charge is 2.11. The van der Waals surface area contributed by atoms with Gasteiger partial charge in [0.15, 0.2) is 0 Å². The Hall–Kier alpha value is -3.08. The van der Waals surface area contributed by atoms with Crippen molar-refractivity contribution in [2.75, 3.05) is 10.6 Å². The number of benzene rings is 2. The van der Waals surface area contributed by atoms with Crippen LogP contribution < -0.4 is 16.2 Å². The van der Waals surface area contributed by atoms with Crippen LogP contribution in [0.2, 0.25) is 0 Å². The molecule has 0 aliphatic rings. The lowest BCUT2D eigenvalue weighted by Gasteiger charge is -2.11. The molecule has 5 nitrogen and oxygen atoms in total. The van der Waals surface area contributed by atoms with E-state index in [1.165, 1.54) is 0 Å². The Balaban J connectivity index is 1.90. The number of aromatic amines is 1. The third-order valence-corrected chi connectivity index (χ3v) is 3.45. The van der Waals surface area contributed by atoms with Crippen molar-refractivity contribution in [1.82, 2.24) is 4.98 Å². The molecule has 5 heteroatoms. The molecular weight excluding hydrogens is 278 g/mol. The lowest BCUT2D eigenvalue weighted by atomic mass is 10.1. The van der Waals surface area contributed by atoms with Gasteiger partial charge in [-0.1, -0.05) is 36.4 Å². The molecule has 0 radical (unpaired) electrons. The van der Waals surface area contributed by atoms with Crippen LogP contribution >= 0.6 is 0 Å². The number of para-hydroxylation sites is 2. The Morgan fingerprint density at radius 3 is 2.41 bits per heavy atom. The lowest BCUT2D eigenvalue weighted by molar-refractivity contribution is 0.262. The van der Waals surface area contributed by atoms with E-state index in [9.17, 15) is 9.59 Å². The van der Waals surface area contributed by atoms with Crippen LogP contribution in [0.25, 0.3) is 10.9 Å². The number of aryl methyl sites for hydroxylation is 1. The summed E-state index contributed by atoms with van der Waals surface area (Å²) in [5, 5.41) is 6.22. The van der Waals surface area contributed by atoms with E-state index in [-0.39, 0.29) is 11.2 Å². The van der Waals surface area contributed by atoms with Gasteiger partial charge in [-0.15, -0.1) is 0 Å². The van der Waals surface area contributed by atoms with E-state index in [4.69, 9.17) is 0 Å². The van der Waals surface area contributed by atoms with Gasteiger partial charge in [0.25, 0.3) is 5.56 Å². The molecule has 0 spiro atoms. The van der Waals surface area contributed by atoms with Crippen LogP contribution in [0, 0.1) is 6.92 Å². The largest absolute Gasteiger partial charge is 0.323 e. The van der Waals surface area contributed by atoms with Crippen LogP contribution in [0.3, 0.4) is 0 Å². The van der Waals surface area contributed by atoms with Gasteiger partial charge in [0.2, 0.25) is 0 Å². The monoisotopic (exact) mass is 293 g/mol. The lowest BCUT2D eigenvalue weighted by Crippen LogP contribution is -2.25. The number of fused-ring (bicyclic) bond motifs is 1. The molecule has 0 saturated heterocycles. The molecule has 2 aromatic carbocycles. The average molecular weight is 293 g/mol. The number of aromatic nitrogens is 1. The third kappa shape index (κ3) is 2.69. The highest BCUT2D eigenvalue weighted by atomic mass is 16.2. The van der Waals surface area contributed by atoms with Gasteiger partial charge < -0.3 is 15.6 Å². The molecule has 0 fully saturated rings. The molecule has 0 atom stereocenters. The second-order valence-corrected chi connectivity index (χ2v) is 4.94. The minimum atomic E-state index is -0.449. The first-order chi connectivity index (χ1) is 10.6. The Kier molecular flexibility index (Phi) is 3.62. The fourth-order valence-electron chi connectivity index (χ4n) is 2.36. The number of pyridine rings is 1. The zero-order valence-corrected chi connectivity index (χ0v) is 12.0. The Bertz CT molecular complexity index is 885. The number of carbonyl (C=O) groups is 1. The zero-order valence-electron chi connectivity index (χ0n) is 12.0. The Morgan fingerprint density at radius 2 is 1.64 bits per heavy atom. The van der Waals surface area contributed by atoms with Crippen molar-refractivity contribution in [3.8, 4) is 0 Å². The van der Waals surface area contributed by atoms with Crippen LogP contribution in [-0.2, 0) is 0 Å². The van der Waals surface area contributed by atoms with Crippen molar-refractivity contribution >= 4 is 28.3 Å². The van der Waals surface area contributed by atoms with E-state index in [2.05, 4.69) is 15.6 Å². The molecule has 3 N–H and O–H groups in total. The molecule has 3 rings (SSSR count). The zero-order chi connectivity index (χ0) is 15.5. The van der Waals surface area contributed by atoms with Gasteiger partial charge in [0.1, 0.15) is 5.69 Å². The third-order valence-electron chi connectivity index (χ3n) is 3.45. The highest BCUT2D eigenvalue weighted by Crippen LogP contribution is 2.20. The second kappa shape index (κ2) is 5.73. The van der Waals surface area contributed by atoms with Crippen molar-refractivity contribution in [2.24, 2.45) is 0 Å². The molecule has 0 unspecified atom stereocenters. The van der Waals surface area contributed by atoms with E-state index in [1.54, 1.807) is 12.1 Å². The summed E-state index contributed by atoms with van der Waals surface area (Å²) in [7, 11) is 0. The summed E-state index contributed by atoms with van der Waals surface area (Å²) in [4.78, 5) is 27.0. The minimum Gasteiger partial charge on any atom is -0.320 e. The number of hydrogen-bond donors (Lipinski definition) is 3. The van der Waals surface area contributed by atoms with Gasteiger partial charge in [-0.2, -0.15) is 0 Å². The maximum Gasteiger partial charge on any atom is 0.323 e. The summed E-state index contributed by atoms with van der Waals surface area (Å²) >= 11 is 0. The van der Waals surface area contributed by atoms with E-state index < -0.39 is 6.03 Å². The van der Waals surface area contributed by atoms with Crippen molar-refractivity contribution in [3.63, 3.8) is 0 Å². The van der Waals surface area contributed by atoms with Gasteiger partial charge in [-0.25, -0.2) is 4.79 Å². The second-order valence-electron chi connectivity index (χ2n) is 4.94. The molecule has 0 aliphatic heterocycles. The molecule has 0 bridgehead atoms. The van der Waals surface area contributed by atoms with E-state index in [0.717, 1.165) is 16.5 Å². The molecule has 0 aliphatic carbocycles. The SMILES string of the molecule is Cc1c(NC(=O)Nc2ccccc2)c(=O)[nH]c2ccccc12. The Labute approximate surface area is 127 Å². The number of carbonyl (C=O) groups excluding carboxylic acids is 1. The van der Waals surface area contributed by atoms with Crippen molar-refractivity contribution in [1.29, 1.82) is 0 Å². The summed E-state index contributed by atoms with van der Waals surface area (Å²) in [6.45, 7) is 1.82. The van der Waals surface area contributed by atoms with Crippen LogP contribution in [0.15, 0.2) is 59.4 Å².